The van der Waals surface area contributed by atoms with Crippen molar-refractivity contribution in [2.45, 2.75) is 25.4 Å². The Balaban J connectivity index is 1.98. The number of hydrogen-bond donors (Lipinski definition) is 2. The van der Waals surface area contributed by atoms with Gasteiger partial charge in [-0.3, -0.25) is 4.79 Å². The van der Waals surface area contributed by atoms with Crippen molar-refractivity contribution >= 4 is 17.2 Å². The Labute approximate surface area is 116 Å². The van der Waals surface area contributed by atoms with Crippen molar-refractivity contribution in [3.63, 3.8) is 0 Å². The molecule has 0 aromatic carbocycles. The first-order valence-corrected chi connectivity index (χ1v) is 7.12. The van der Waals surface area contributed by atoms with Gasteiger partial charge in [-0.2, -0.15) is 0 Å². The van der Waals surface area contributed by atoms with Crippen LogP contribution in [0.2, 0.25) is 0 Å². The first-order chi connectivity index (χ1) is 9.14. The highest BCUT2D eigenvalue weighted by Crippen LogP contribution is 2.24. The summed E-state index contributed by atoms with van der Waals surface area (Å²) in [6.45, 7) is 3.08. The number of carbonyl (C=O) groups excluding carboxylic acids is 1. The number of thiophene rings is 1. The van der Waals surface area contributed by atoms with Gasteiger partial charge in [0.1, 0.15) is 11.5 Å². The van der Waals surface area contributed by atoms with E-state index in [1.54, 1.807) is 6.07 Å². The Bertz CT molecular complexity index is 506. The van der Waals surface area contributed by atoms with Crippen molar-refractivity contribution in [1.82, 2.24) is 5.32 Å². The van der Waals surface area contributed by atoms with Gasteiger partial charge in [0.05, 0.1) is 5.60 Å². The Kier molecular flexibility index (Phi) is 4.59. The lowest BCUT2D eigenvalue weighted by Crippen LogP contribution is -2.40. The van der Waals surface area contributed by atoms with Crippen molar-refractivity contribution in [2.24, 2.45) is 0 Å². The van der Waals surface area contributed by atoms with E-state index < -0.39 is 0 Å². The van der Waals surface area contributed by atoms with E-state index >= 15 is 0 Å². The largest absolute Gasteiger partial charge is 0.384 e. The highest BCUT2D eigenvalue weighted by Gasteiger charge is 2.30. The van der Waals surface area contributed by atoms with Crippen LogP contribution >= 0.6 is 11.3 Å². The molecular formula is C14H17NO3S. The van der Waals surface area contributed by atoms with Crippen LogP contribution in [0.5, 0.6) is 0 Å². The predicted molar refractivity (Wildman–Crippen MR) is 74.2 cm³/mol. The third kappa shape index (κ3) is 3.57. The summed E-state index contributed by atoms with van der Waals surface area (Å²) < 4.78 is 5.63. The number of rotatable bonds is 3. The minimum absolute atomic E-state index is 0.131. The van der Waals surface area contributed by atoms with Crippen molar-refractivity contribution in [2.75, 3.05) is 19.8 Å². The average Bonchev–Trinajstić information content (AvgIpc) is 3.03. The van der Waals surface area contributed by atoms with Crippen molar-refractivity contribution in [3.8, 4) is 11.8 Å². The maximum Gasteiger partial charge on any atom is 0.262 e. The molecule has 1 aromatic rings. The summed E-state index contributed by atoms with van der Waals surface area (Å²) in [7, 11) is 0. The summed E-state index contributed by atoms with van der Waals surface area (Å²) in [5, 5.41) is 13.4. The lowest BCUT2D eigenvalue weighted by molar-refractivity contribution is 0.0206. The molecule has 1 saturated heterocycles. The van der Waals surface area contributed by atoms with E-state index in [1.165, 1.54) is 11.3 Å². The molecule has 1 amide bonds. The third-order valence-electron chi connectivity index (χ3n) is 3.10. The van der Waals surface area contributed by atoms with Gasteiger partial charge in [0.15, 0.2) is 0 Å². The van der Waals surface area contributed by atoms with E-state index in [2.05, 4.69) is 17.2 Å². The molecule has 102 valence electrons. The van der Waals surface area contributed by atoms with E-state index in [9.17, 15) is 4.79 Å². The van der Waals surface area contributed by atoms with Crippen LogP contribution in [-0.4, -0.2) is 36.4 Å². The van der Waals surface area contributed by atoms with E-state index in [4.69, 9.17) is 9.84 Å². The molecular weight excluding hydrogens is 262 g/mol. The minimum Gasteiger partial charge on any atom is -0.384 e. The third-order valence-corrected chi connectivity index (χ3v) is 4.01. The molecule has 0 bridgehead atoms. The van der Waals surface area contributed by atoms with Gasteiger partial charge in [0.2, 0.25) is 0 Å². The molecule has 2 N–H and O–H groups in total. The smallest absolute Gasteiger partial charge is 0.262 e. The predicted octanol–water partition coefficient (Wildman–Crippen LogP) is 1.39. The molecule has 1 aliphatic heterocycles. The Hall–Kier alpha value is -1.35. The molecule has 0 spiro atoms. The fraction of sp³-hybridized carbons (Fsp3) is 0.500. The molecule has 5 heteroatoms. The Morgan fingerprint density at radius 3 is 3.21 bits per heavy atom. The summed E-state index contributed by atoms with van der Waals surface area (Å²) in [5.74, 6) is 5.21. The number of nitrogens with one attached hydrogen (secondary N) is 1. The quantitative estimate of drug-likeness (QED) is 0.822. The molecule has 2 heterocycles. The molecule has 0 radical (unpaired) electrons. The Morgan fingerprint density at radius 1 is 1.68 bits per heavy atom. The van der Waals surface area contributed by atoms with Crippen molar-refractivity contribution in [3.05, 3.63) is 21.9 Å². The number of amides is 1. The molecule has 1 atom stereocenters. The molecule has 2 rings (SSSR count). The van der Waals surface area contributed by atoms with Gasteiger partial charge in [0, 0.05) is 18.7 Å². The lowest BCUT2D eigenvalue weighted by atomic mass is 10.0. The van der Waals surface area contributed by atoms with Crippen molar-refractivity contribution < 1.29 is 14.6 Å². The zero-order valence-corrected chi connectivity index (χ0v) is 11.7. The molecule has 1 unspecified atom stereocenters. The summed E-state index contributed by atoms with van der Waals surface area (Å²) in [6.07, 6.45) is 2.01. The molecule has 1 aliphatic rings. The van der Waals surface area contributed by atoms with E-state index in [0.717, 1.165) is 19.4 Å². The van der Waals surface area contributed by atoms with E-state index in [0.29, 0.717) is 17.0 Å². The van der Waals surface area contributed by atoms with Crippen LogP contribution in [-0.2, 0) is 4.74 Å². The van der Waals surface area contributed by atoms with Gasteiger partial charge >= 0.3 is 0 Å². The molecule has 0 saturated carbocycles. The summed E-state index contributed by atoms with van der Waals surface area (Å²) in [4.78, 5) is 12.7. The highest BCUT2D eigenvalue weighted by molar-refractivity contribution is 7.12. The maximum absolute atomic E-state index is 12.1. The van der Waals surface area contributed by atoms with Gasteiger partial charge in [-0.1, -0.05) is 11.8 Å². The number of aliphatic hydroxyl groups excluding tert-OH is 1. The zero-order chi connectivity index (χ0) is 13.7. The molecule has 1 fully saturated rings. The first-order valence-electron chi connectivity index (χ1n) is 6.24. The van der Waals surface area contributed by atoms with Gasteiger partial charge in [0.25, 0.3) is 5.91 Å². The first kappa shape index (κ1) is 14.1. The maximum atomic E-state index is 12.1. The second kappa shape index (κ2) is 6.20. The fourth-order valence-electron chi connectivity index (χ4n) is 2.04. The number of ether oxygens (including phenoxy) is 1. The summed E-state index contributed by atoms with van der Waals surface area (Å²) >= 11 is 1.35. The number of aliphatic hydroxyl groups is 1. The number of hydrogen-bond acceptors (Lipinski definition) is 4. The normalized spacial score (nSPS) is 21.8. The van der Waals surface area contributed by atoms with Crippen LogP contribution < -0.4 is 5.32 Å². The van der Waals surface area contributed by atoms with Crippen LogP contribution in [0.1, 0.15) is 35.0 Å². The second-order valence-corrected chi connectivity index (χ2v) is 5.62. The van der Waals surface area contributed by atoms with Gasteiger partial charge in [-0.25, -0.2) is 0 Å². The van der Waals surface area contributed by atoms with Gasteiger partial charge in [-0.05, 0) is 31.2 Å². The fourth-order valence-corrected chi connectivity index (χ4v) is 2.81. The Morgan fingerprint density at radius 2 is 2.53 bits per heavy atom. The van der Waals surface area contributed by atoms with Crippen LogP contribution in [0.3, 0.4) is 0 Å². The molecule has 4 nitrogen and oxygen atoms in total. The monoisotopic (exact) mass is 279 g/mol. The van der Waals surface area contributed by atoms with Crippen LogP contribution in [0, 0.1) is 11.8 Å². The van der Waals surface area contributed by atoms with Crippen LogP contribution in [0.15, 0.2) is 11.4 Å². The second-order valence-electron chi connectivity index (χ2n) is 4.71. The number of carbonyl (C=O) groups is 1. The lowest BCUT2D eigenvalue weighted by Gasteiger charge is -2.23. The van der Waals surface area contributed by atoms with E-state index in [1.807, 2.05) is 12.3 Å². The zero-order valence-electron chi connectivity index (χ0n) is 10.9. The van der Waals surface area contributed by atoms with Gasteiger partial charge in [-0.15, -0.1) is 11.3 Å². The topological polar surface area (TPSA) is 58.6 Å². The minimum atomic E-state index is -0.246. The molecule has 0 aliphatic carbocycles. The average molecular weight is 279 g/mol. The highest BCUT2D eigenvalue weighted by atomic mass is 32.1. The van der Waals surface area contributed by atoms with Gasteiger partial charge < -0.3 is 15.2 Å². The SMILES string of the molecule is CC1(CNC(=O)c2sccc2C#CCO)CCCO1. The molecule has 19 heavy (non-hydrogen) atoms. The van der Waals surface area contributed by atoms with Crippen molar-refractivity contribution in [1.29, 1.82) is 0 Å². The summed E-state index contributed by atoms with van der Waals surface area (Å²) in [5.41, 5.74) is 0.415. The molecule has 1 aromatic heterocycles. The van der Waals surface area contributed by atoms with Crippen LogP contribution in [0.4, 0.5) is 0 Å². The van der Waals surface area contributed by atoms with Crippen LogP contribution in [0.25, 0.3) is 0 Å². The summed E-state index contributed by atoms with van der Waals surface area (Å²) in [6, 6.07) is 1.79. The van der Waals surface area contributed by atoms with E-state index in [-0.39, 0.29) is 18.1 Å². The standard InChI is InChI=1S/C14H17NO3S/c1-14(6-3-8-18-14)10-15-13(17)12-11(4-2-7-16)5-9-19-12/h5,9,16H,3,6-8,10H2,1H3,(H,15,17).